The first kappa shape index (κ1) is 39.5. The van der Waals surface area contributed by atoms with Gasteiger partial charge in [0.1, 0.15) is 28.7 Å². The van der Waals surface area contributed by atoms with E-state index in [1.807, 2.05) is 45.9 Å². The highest BCUT2D eigenvalue weighted by Crippen LogP contribution is 2.39. The number of halogens is 1. The lowest BCUT2D eigenvalue weighted by atomic mass is 9.83. The van der Waals surface area contributed by atoms with Gasteiger partial charge in [0.05, 0.1) is 37.5 Å². The van der Waals surface area contributed by atoms with E-state index in [1.165, 1.54) is 20.3 Å². The van der Waals surface area contributed by atoms with Crippen LogP contribution < -0.4 is 16.0 Å². The Morgan fingerprint density at radius 2 is 1.63 bits per heavy atom. The molecular formula is C42H49FN8O6. The van der Waals surface area contributed by atoms with Crippen LogP contribution in [0.3, 0.4) is 0 Å². The molecule has 4 heterocycles. The second kappa shape index (κ2) is 16.0. The van der Waals surface area contributed by atoms with Crippen molar-refractivity contribution in [3.63, 3.8) is 0 Å². The fourth-order valence-electron chi connectivity index (χ4n) is 8.30. The number of hydrogen-bond acceptors (Lipinski definition) is 9. The van der Waals surface area contributed by atoms with Gasteiger partial charge in [-0.15, -0.1) is 0 Å². The second-order valence-corrected chi connectivity index (χ2v) is 15.7. The van der Waals surface area contributed by atoms with E-state index >= 15 is 4.39 Å². The van der Waals surface area contributed by atoms with Gasteiger partial charge in [0.2, 0.25) is 5.91 Å². The van der Waals surface area contributed by atoms with Gasteiger partial charge in [-0.1, -0.05) is 45.6 Å². The Kier molecular flexibility index (Phi) is 11.1. The number of imidazole rings is 2. The number of aromatic amines is 2. The first-order chi connectivity index (χ1) is 27.3. The maximum atomic E-state index is 15.5. The number of H-pyrrole nitrogens is 2. The third-order valence-electron chi connectivity index (χ3n) is 11.3. The van der Waals surface area contributed by atoms with Gasteiger partial charge in [-0.25, -0.2) is 23.9 Å². The van der Waals surface area contributed by atoms with Crippen LogP contribution in [0.2, 0.25) is 0 Å². The van der Waals surface area contributed by atoms with E-state index in [4.69, 9.17) is 14.5 Å². The van der Waals surface area contributed by atoms with Crippen molar-refractivity contribution in [3.8, 4) is 23.1 Å². The molecule has 0 bridgehead atoms. The minimum absolute atomic E-state index is 0.154. The highest BCUT2D eigenvalue weighted by atomic mass is 19.1. The molecular weight excluding hydrogens is 732 g/mol. The Morgan fingerprint density at radius 1 is 0.912 bits per heavy atom. The normalized spacial score (nSPS) is 19.7. The molecule has 4 aromatic rings. The zero-order valence-corrected chi connectivity index (χ0v) is 33.1. The van der Waals surface area contributed by atoms with Crippen molar-refractivity contribution in [2.75, 3.05) is 27.3 Å². The molecule has 2 aromatic heterocycles. The number of hydrogen-bond donors (Lipinski definition) is 5. The first-order valence-electron chi connectivity index (χ1n) is 19.6. The lowest BCUT2D eigenvalue weighted by Gasteiger charge is -2.32. The number of fused-ring (bicyclic) bond motifs is 4. The number of amides is 3. The Morgan fingerprint density at radius 3 is 2.32 bits per heavy atom. The van der Waals surface area contributed by atoms with Crippen LogP contribution in [0.25, 0.3) is 22.3 Å². The first-order valence-corrected chi connectivity index (χ1v) is 19.6. The van der Waals surface area contributed by atoms with Crippen molar-refractivity contribution >= 4 is 34.9 Å². The van der Waals surface area contributed by atoms with Gasteiger partial charge in [-0.2, -0.15) is 0 Å². The molecule has 0 unspecified atom stereocenters. The molecule has 15 heteroatoms. The molecule has 0 spiro atoms. The number of aryl methyl sites for hydroxylation is 2. The number of Topliss-reactive ketones (excluding diaryl/α,β-unsaturated/α-hetero) is 1. The third-order valence-corrected chi connectivity index (χ3v) is 11.3. The van der Waals surface area contributed by atoms with E-state index in [0.717, 1.165) is 47.3 Å². The number of nitrogens with one attached hydrogen (secondary N) is 5. The second-order valence-electron chi connectivity index (χ2n) is 15.7. The minimum atomic E-state index is -1.07. The Hall–Kier alpha value is -5.75. The molecule has 3 aliphatic rings. The van der Waals surface area contributed by atoms with E-state index < -0.39 is 41.7 Å². The summed E-state index contributed by atoms with van der Waals surface area (Å²) in [5.41, 5.74) is 4.56. The van der Waals surface area contributed by atoms with Crippen LogP contribution in [-0.2, 0) is 37.4 Å². The van der Waals surface area contributed by atoms with E-state index in [2.05, 4.69) is 42.7 Å². The van der Waals surface area contributed by atoms with Crippen molar-refractivity contribution in [3.05, 3.63) is 70.2 Å². The summed E-state index contributed by atoms with van der Waals surface area (Å²) in [6, 6.07) is 7.10. The van der Waals surface area contributed by atoms with Crippen molar-refractivity contribution in [1.82, 2.24) is 40.8 Å². The summed E-state index contributed by atoms with van der Waals surface area (Å²) >= 11 is 0. The highest BCUT2D eigenvalue weighted by molar-refractivity contribution is 5.96. The monoisotopic (exact) mass is 780 g/mol. The van der Waals surface area contributed by atoms with Gasteiger partial charge in [0.15, 0.2) is 11.6 Å². The molecule has 2 saturated heterocycles. The number of aromatic nitrogens is 4. The van der Waals surface area contributed by atoms with Crippen molar-refractivity contribution in [2.24, 2.45) is 11.8 Å². The summed E-state index contributed by atoms with van der Waals surface area (Å²) in [6.45, 7) is 8.62. The number of ether oxygens (including phenoxy) is 2. The Labute approximate surface area is 330 Å². The maximum absolute atomic E-state index is 15.5. The Bertz CT molecular complexity index is 2280. The molecule has 0 saturated carbocycles. The number of benzene rings is 2. The zero-order chi connectivity index (χ0) is 40.6. The molecule has 2 aromatic carbocycles. The smallest absolute Gasteiger partial charge is 0.407 e. The fraction of sp³-hybridized carbons (Fsp3) is 0.476. The molecule has 0 radical (unpaired) electrons. The van der Waals surface area contributed by atoms with Crippen molar-refractivity contribution < 1.29 is 33.0 Å². The average molecular weight is 781 g/mol. The standard InChI is InChI=1S/C42H49FN8O6/c1-22(2)32(49-40(54)56-5)36(52)42(16-8-17-44-42)39-46-29-15-13-26-19-24(12-14-27(26)34(29)48-39)10-11-25-20-28(43)35-30(21-25)45-37(47-35)31-9-7-18-51(31)38(53)33(23(3)4)50-41(55)57-6/h12,14,19-23,31-33,44H,7-9,13,15-18H2,1-6H3,(H,45,47)(H,46,48)(H,49,54)(H,50,55)/t31-,32-,33-,42+/m0/s1. The van der Waals surface area contributed by atoms with Gasteiger partial charge in [0.25, 0.3) is 0 Å². The number of alkyl carbamates (subject to hydrolysis) is 2. The van der Waals surface area contributed by atoms with Crippen molar-refractivity contribution in [1.29, 1.82) is 0 Å². The summed E-state index contributed by atoms with van der Waals surface area (Å²) in [5.74, 6) is 6.07. The molecule has 2 fully saturated rings. The number of rotatable bonds is 9. The molecule has 4 atom stereocenters. The average Bonchev–Trinajstić information content (AvgIpc) is 4.03. The molecule has 7 rings (SSSR count). The number of carbonyl (C=O) groups is 4. The van der Waals surface area contributed by atoms with E-state index in [0.29, 0.717) is 55.1 Å². The van der Waals surface area contributed by atoms with Crippen LogP contribution >= 0.6 is 0 Å². The Balaban J connectivity index is 1.11. The van der Waals surface area contributed by atoms with Crippen LogP contribution in [-0.4, -0.2) is 88.1 Å². The van der Waals surface area contributed by atoms with Crippen molar-refractivity contribution in [2.45, 2.75) is 89.9 Å². The highest BCUT2D eigenvalue weighted by Gasteiger charge is 2.49. The van der Waals surface area contributed by atoms with Gasteiger partial charge in [-0.3, -0.25) is 14.9 Å². The van der Waals surface area contributed by atoms with Gasteiger partial charge < -0.3 is 35.0 Å². The molecule has 57 heavy (non-hydrogen) atoms. The van der Waals surface area contributed by atoms with Crippen LogP contribution in [0.4, 0.5) is 14.0 Å². The van der Waals surface area contributed by atoms with E-state index in [9.17, 15) is 19.2 Å². The lowest BCUT2D eigenvalue weighted by molar-refractivity contribution is -0.135. The lowest BCUT2D eigenvalue weighted by Crippen LogP contribution is -2.57. The van der Waals surface area contributed by atoms with Crippen LogP contribution in [0.1, 0.15) is 93.5 Å². The number of nitrogens with zero attached hydrogens (tertiary/aromatic N) is 3. The molecule has 14 nitrogen and oxygen atoms in total. The summed E-state index contributed by atoms with van der Waals surface area (Å²) in [4.78, 5) is 69.9. The maximum Gasteiger partial charge on any atom is 0.407 e. The topological polar surface area (TPSA) is 183 Å². The fourth-order valence-corrected chi connectivity index (χ4v) is 8.30. The van der Waals surface area contributed by atoms with Crippen LogP contribution in [0.5, 0.6) is 0 Å². The quantitative estimate of drug-likeness (QED) is 0.143. The molecule has 5 N–H and O–H groups in total. The molecule has 3 amide bonds. The van der Waals surface area contributed by atoms with Gasteiger partial charge in [0, 0.05) is 28.9 Å². The summed E-state index contributed by atoms with van der Waals surface area (Å²) in [5, 5.41) is 8.80. The largest absolute Gasteiger partial charge is 0.453 e. The zero-order valence-electron chi connectivity index (χ0n) is 33.1. The van der Waals surface area contributed by atoms with E-state index in [1.54, 1.807) is 11.0 Å². The van der Waals surface area contributed by atoms with Gasteiger partial charge >= 0.3 is 12.2 Å². The number of likely N-dealkylation sites (tertiary alicyclic amines) is 1. The number of methoxy groups -OCH3 is 2. The van der Waals surface area contributed by atoms with E-state index in [-0.39, 0.29) is 29.0 Å². The molecule has 1 aliphatic carbocycles. The predicted molar refractivity (Wildman–Crippen MR) is 209 cm³/mol. The summed E-state index contributed by atoms with van der Waals surface area (Å²) in [6.07, 6.45) is 2.81. The summed E-state index contributed by atoms with van der Waals surface area (Å²) in [7, 11) is 2.53. The van der Waals surface area contributed by atoms with Crippen LogP contribution in [0, 0.1) is 29.5 Å². The number of ketones is 1. The van der Waals surface area contributed by atoms with Gasteiger partial charge in [-0.05, 0) is 86.7 Å². The molecule has 2 aliphatic heterocycles. The number of carbonyl (C=O) groups excluding carboxylic acids is 4. The predicted octanol–water partition coefficient (Wildman–Crippen LogP) is 5.16. The van der Waals surface area contributed by atoms with Crippen LogP contribution in [0.15, 0.2) is 30.3 Å². The SMILES string of the molecule is COC(=O)N[C@H](C(=O)N1CCC[C@H]1c1nc2c(F)cc(C#Cc3ccc4c(c3)CCc3[nH]c([C@]5(C(=O)[C@@H](NC(=O)OC)C(C)C)CCCN5)nc3-4)cc2[nH]1)C(C)C. The molecule has 300 valence electrons. The third kappa shape index (κ3) is 7.58. The minimum Gasteiger partial charge on any atom is -0.453 e. The summed E-state index contributed by atoms with van der Waals surface area (Å²) < 4.78 is 25.1.